The molecule has 2 amide bonds. The van der Waals surface area contributed by atoms with E-state index in [1.165, 1.54) is 24.3 Å². The third kappa shape index (κ3) is 5.45. The van der Waals surface area contributed by atoms with Gasteiger partial charge in [-0.3, -0.25) is 9.59 Å². The van der Waals surface area contributed by atoms with Crippen LogP contribution in [0.15, 0.2) is 36.4 Å². The molecular formula is C18H20N2O6S. The van der Waals surface area contributed by atoms with Gasteiger partial charge in [-0.1, -0.05) is 6.07 Å². The van der Waals surface area contributed by atoms with E-state index in [4.69, 9.17) is 0 Å². The summed E-state index contributed by atoms with van der Waals surface area (Å²) in [7, 11) is 0. The van der Waals surface area contributed by atoms with Gasteiger partial charge in [0.05, 0.1) is 0 Å². The van der Waals surface area contributed by atoms with E-state index in [9.17, 15) is 30.0 Å². The number of phenolic OH excluding ortho intramolecular Hbond substituents is 4. The Kier molecular flexibility index (Phi) is 6.78. The van der Waals surface area contributed by atoms with Crippen LogP contribution >= 0.6 is 12.6 Å². The Morgan fingerprint density at radius 1 is 0.926 bits per heavy atom. The van der Waals surface area contributed by atoms with E-state index in [1.54, 1.807) is 6.07 Å². The van der Waals surface area contributed by atoms with Crippen molar-refractivity contribution in [2.75, 3.05) is 12.3 Å². The molecule has 0 heterocycles. The number of benzene rings is 2. The van der Waals surface area contributed by atoms with Gasteiger partial charge in [0, 0.05) is 17.9 Å². The molecule has 8 nitrogen and oxygen atoms in total. The second kappa shape index (κ2) is 9.04. The van der Waals surface area contributed by atoms with Crippen molar-refractivity contribution < 1.29 is 30.0 Å². The van der Waals surface area contributed by atoms with Gasteiger partial charge in [0.2, 0.25) is 5.91 Å². The Balaban J connectivity index is 1.89. The van der Waals surface area contributed by atoms with E-state index in [0.717, 1.165) is 11.6 Å². The lowest BCUT2D eigenvalue weighted by atomic mass is 10.1. The van der Waals surface area contributed by atoms with E-state index in [1.807, 2.05) is 0 Å². The van der Waals surface area contributed by atoms with E-state index in [-0.39, 0.29) is 35.1 Å². The van der Waals surface area contributed by atoms with Gasteiger partial charge >= 0.3 is 0 Å². The first kappa shape index (κ1) is 20.2. The summed E-state index contributed by atoms with van der Waals surface area (Å²) in [6, 6.07) is 7.06. The summed E-state index contributed by atoms with van der Waals surface area (Å²) in [5, 5.41) is 42.6. The van der Waals surface area contributed by atoms with Crippen LogP contribution in [0.25, 0.3) is 0 Å². The number of phenols is 4. The fourth-order valence-electron chi connectivity index (χ4n) is 2.28. The molecule has 0 bridgehead atoms. The summed E-state index contributed by atoms with van der Waals surface area (Å²) < 4.78 is 0. The standard InChI is InChI=1S/C18H20N2O6S/c21-13-3-1-10(7-15(13)23)5-6-19-18(26)12(9-27)20-17(25)11-2-4-14(22)16(24)8-11/h1-4,7-8,12,21-24,27H,5-6,9H2,(H,19,26)(H,20,25)/t12-/m0/s1. The van der Waals surface area contributed by atoms with Crippen molar-refractivity contribution in [1.29, 1.82) is 0 Å². The predicted octanol–water partition coefficient (Wildman–Crippen LogP) is 0.896. The largest absolute Gasteiger partial charge is 0.504 e. The summed E-state index contributed by atoms with van der Waals surface area (Å²) >= 11 is 4.07. The van der Waals surface area contributed by atoms with Crippen molar-refractivity contribution in [3.8, 4) is 23.0 Å². The van der Waals surface area contributed by atoms with Gasteiger partial charge in [0.15, 0.2) is 23.0 Å². The second-order valence-corrected chi connectivity index (χ2v) is 6.14. The van der Waals surface area contributed by atoms with Gasteiger partial charge in [0.1, 0.15) is 6.04 Å². The molecule has 0 unspecified atom stereocenters. The van der Waals surface area contributed by atoms with Crippen molar-refractivity contribution in [3.63, 3.8) is 0 Å². The SMILES string of the molecule is O=C(N[C@@H](CS)C(=O)NCCc1ccc(O)c(O)c1)c1ccc(O)c(O)c1. The Morgan fingerprint density at radius 2 is 1.56 bits per heavy atom. The first-order chi connectivity index (χ1) is 12.8. The van der Waals surface area contributed by atoms with Gasteiger partial charge in [-0.05, 0) is 42.3 Å². The topological polar surface area (TPSA) is 139 Å². The Bertz CT molecular complexity index is 843. The molecule has 27 heavy (non-hydrogen) atoms. The van der Waals surface area contributed by atoms with Crippen molar-refractivity contribution in [1.82, 2.24) is 10.6 Å². The molecule has 0 aromatic heterocycles. The van der Waals surface area contributed by atoms with E-state index >= 15 is 0 Å². The maximum atomic E-state index is 12.2. The van der Waals surface area contributed by atoms with Crippen LogP contribution in [-0.2, 0) is 11.2 Å². The van der Waals surface area contributed by atoms with Crippen molar-refractivity contribution in [2.45, 2.75) is 12.5 Å². The minimum Gasteiger partial charge on any atom is -0.504 e. The molecule has 9 heteroatoms. The number of rotatable bonds is 7. The Hall–Kier alpha value is -3.07. The average molecular weight is 392 g/mol. The van der Waals surface area contributed by atoms with Gasteiger partial charge in [-0.15, -0.1) is 0 Å². The number of hydrogen-bond donors (Lipinski definition) is 7. The predicted molar refractivity (Wildman–Crippen MR) is 101 cm³/mol. The number of hydrogen-bond acceptors (Lipinski definition) is 7. The van der Waals surface area contributed by atoms with Crippen LogP contribution < -0.4 is 10.6 Å². The maximum Gasteiger partial charge on any atom is 0.252 e. The number of nitrogens with one attached hydrogen (secondary N) is 2. The van der Waals surface area contributed by atoms with Gasteiger partial charge in [0.25, 0.3) is 5.91 Å². The van der Waals surface area contributed by atoms with Crippen LogP contribution in [0.2, 0.25) is 0 Å². The minimum atomic E-state index is -0.898. The zero-order chi connectivity index (χ0) is 20.0. The molecule has 2 aromatic carbocycles. The fourth-order valence-corrected chi connectivity index (χ4v) is 2.54. The molecule has 0 spiro atoms. The normalized spacial score (nSPS) is 11.6. The van der Waals surface area contributed by atoms with Gasteiger partial charge < -0.3 is 31.1 Å². The highest BCUT2D eigenvalue weighted by atomic mass is 32.1. The molecule has 0 saturated carbocycles. The summed E-state index contributed by atoms with van der Waals surface area (Å²) in [5.41, 5.74) is 0.807. The number of aromatic hydroxyl groups is 4. The summed E-state index contributed by atoms with van der Waals surface area (Å²) in [5.74, 6) is -2.23. The first-order valence-corrected chi connectivity index (χ1v) is 8.67. The Morgan fingerprint density at radius 3 is 2.15 bits per heavy atom. The zero-order valence-electron chi connectivity index (χ0n) is 14.2. The van der Waals surface area contributed by atoms with E-state index < -0.39 is 23.6 Å². The Labute approximate surface area is 160 Å². The highest BCUT2D eigenvalue weighted by molar-refractivity contribution is 7.80. The molecule has 2 aromatic rings. The molecule has 0 aliphatic heterocycles. The molecule has 0 radical (unpaired) electrons. The van der Waals surface area contributed by atoms with Gasteiger partial charge in [-0.25, -0.2) is 0 Å². The number of thiol groups is 1. The van der Waals surface area contributed by atoms with Crippen LogP contribution in [0, 0.1) is 0 Å². The summed E-state index contributed by atoms with van der Waals surface area (Å²) in [6.07, 6.45) is 0.415. The number of carbonyl (C=O) groups excluding carboxylic acids is 2. The third-order valence-electron chi connectivity index (χ3n) is 3.79. The molecular weight excluding hydrogens is 372 g/mol. The molecule has 0 saturated heterocycles. The fraction of sp³-hybridized carbons (Fsp3) is 0.222. The van der Waals surface area contributed by atoms with Crippen molar-refractivity contribution in [3.05, 3.63) is 47.5 Å². The highest BCUT2D eigenvalue weighted by Crippen LogP contribution is 2.25. The zero-order valence-corrected chi connectivity index (χ0v) is 15.1. The molecule has 144 valence electrons. The number of amides is 2. The maximum absolute atomic E-state index is 12.2. The summed E-state index contributed by atoms with van der Waals surface area (Å²) in [6.45, 7) is 0.253. The highest BCUT2D eigenvalue weighted by Gasteiger charge is 2.20. The molecule has 2 rings (SSSR count). The first-order valence-electron chi connectivity index (χ1n) is 8.04. The van der Waals surface area contributed by atoms with Crippen LogP contribution in [0.5, 0.6) is 23.0 Å². The molecule has 0 fully saturated rings. The van der Waals surface area contributed by atoms with Crippen LogP contribution in [-0.4, -0.2) is 50.6 Å². The van der Waals surface area contributed by atoms with Gasteiger partial charge in [-0.2, -0.15) is 12.6 Å². The lowest BCUT2D eigenvalue weighted by molar-refractivity contribution is -0.122. The van der Waals surface area contributed by atoms with Crippen molar-refractivity contribution in [2.24, 2.45) is 0 Å². The second-order valence-electron chi connectivity index (χ2n) is 5.78. The average Bonchev–Trinajstić information content (AvgIpc) is 2.64. The molecule has 1 atom stereocenters. The monoisotopic (exact) mass is 392 g/mol. The molecule has 0 aliphatic carbocycles. The quantitative estimate of drug-likeness (QED) is 0.276. The third-order valence-corrected chi connectivity index (χ3v) is 4.16. The van der Waals surface area contributed by atoms with E-state index in [2.05, 4.69) is 23.3 Å². The minimum absolute atomic E-state index is 0.0572. The van der Waals surface area contributed by atoms with Crippen LogP contribution in [0.4, 0.5) is 0 Å². The van der Waals surface area contributed by atoms with Crippen LogP contribution in [0.3, 0.4) is 0 Å². The lowest BCUT2D eigenvalue weighted by Gasteiger charge is -2.17. The number of carbonyl (C=O) groups is 2. The van der Waals surface area contributed by atoms with Crippen LogP contribution in [0.1, 0.15) is 15.9 Å². The molecule has 0 aliphatic rings. The molecule has 6 N–H and O–H groups in total. The van der Waals surface area contributed by atoms with E-state index in [0.29, 0.717) is 6.42 Å². The van der Waals surface area contributed by atoms with Crippen molar-refractivity contribution >= 4 is 24.4 Å². The summed E-state index contributed by atoms with van der Waals surface area (Å²) in [4.78, 5) is 24.4. The smallest absolute Gasteiger partial charge is 0.252 e. The lowest BCUT2D eigenvalue weighted by Crippen LogP contribution is -2.48.